The van der Waals surface area contributed by atoms with E-state index in [2.05, 4.69) is 5.48 Å². The molecule has 1 N–H and O–H groups in total. The molecule has 2 aliphatic heterocycles. The summed E-state index contributed by atoms with van der Waals surface area (Å²) in [4.78, 5) is 17.9. The highest BCUT2D eigenvalue weighted by molar-refractivity contribution is 5.81. The summed E-state index contributed by atoms with van der Waals surface area (Å²) in [6.45, 7) is 0. The molecule has 4 rings (SSSR count). The molecule has 2 heterocycles. The quantitative estimate of drug-likeness (QED) is 0.665. The summed E-state index contributed by atoms with van der Waals surface area (Å²) >= 11 is 0. The predicted molar refractivity (Wildman–Crippen MR) is 61.1 cm³/mol. The van der Waals surface area contributed by atoms with Crippen molar-refractivity contribution in [2.45, 2.75) is 69.0 Å². The van der Waals surface area contributed by atoms with E-state index in [-0.39, 0.29) is 17.9 Å². The van der Waals surface area contributed by atoms with Gasteiger partial charge in [-0.1, -0.05) is 12.8 Å². The number of carbonyl (C=O) groups excluding carboxylic acids is 1. The molecule has 2 saturated carbocycles. The van der Waals surface area contributed by atoms with Crippen molar-refractivity contribution in [2.24, 2.45) is 5.92 Å². The Hall–Kier alpha value is -0.650. The molecule has 3 atom stereocenters. The monoisotopic (exact) mass is 253 g/mol. The van der Waals surface area contributed by atoms with E-state index in [4.69, 9.17) is 14.3 Å². The Balaban J connectivity index is 1.64. The van der Waals surface area contributed by atoms with E-state index in [1.807, 2.05) is 0 Å². The van der Waals surface area contributed by atoms with Crippen LogP contribution in [0.4, 0.5) is 0 Å². The number of ether oxygens (including phenoxy) is 2. The summed E-state index contributed by atoms with van der Waals surface area (Å²) in [5, 5.41) is 0. The molecule has 100 valence electrons. The largest absolute Gasteiger partial charge is 0.429 e. The molecular weight excluding hydrogens is 234 g/mol. The van der Waals surface area contributed by atoms with E-state index < -0.39 is 11.6 Å². The van der Waals surface area contributed by atoms with Crippen LogP contribution in [0.2, 0.25) is 0 Å². The predicted octanol–water partition coefficient (Wildman–Crippen LogP) is 1.62. The minimum Gasteiger partial charge on any atom is -0.429 e. The number of carbonyl (C=O) groups is 1. The van der Waals surface area contributed by atoms with Crippen LogP contribution in [-0.2, 0) is 19.1 Å². The average molecular weight is 253 g/mol. The summed E-state index contributed by atoms with van der Waals surface area (Å²) in [7, 11) is 0. The van der Waals surface area contributed by atoms with Crippen molar-refractivity contribution in [3.63, 3.8) is 0 Å². The molecule has 0 amide bonds. The van der Waals surface area contributed by atoms with Crippen LogP contribution in [0.15, 0.2) is 0 Å². The van der Waals surface area contributed by atoms with Gasteiger partial charge in [0, 0.05) is 24.8 Å². The van der Waals surface area contributed by atoms with Crippen LogP contribution < -0.4 is 5.48 Å². The molecule has 0 aromatic carbocycles. The summed E-state index contributed by atoms with van der Waals surface area (Å²) < 4.78 is 11.7. The van der Waals surface area contributed by atoms with Gasteiger partial charge in [-0.05, 0) is 25.7 Å². The second-order valence-electron chi connectivity index (χ2n) is 5.99. The molecule has 0 aromatic rings. The third-order valence-corrected chi connectivity index (χ3v) is 4.88. The highest BCUT2D eigenvalue weighted by Crippen LogP contribution is 2.51. The van der Waals surface area contributed by atoms with E-state index in [1.165, 1.54) is 6.42 Å². The zero-order valence-electron chi connectivity index (χ0n) is 10.4. The molecule has 0 aromatic heterocycles. The first-order chi connectivity index (χ1) is 8.74. The standard InChI is InChI=1S/C13H19NO4/c15-11-13(9-5-4-6-10(9)14-18-13)17-12(16-11)7-2-1-3-8-12/h9-10,14H,1-8H2. The number of hydrogen-bond acceptors (Lipinski definition) is 5. The molecule has 5 nitrogen and oxygen atoms in total. The first-order valence-corrected chi connectivity index (χ1v) is 7.11. The van der Waals surface area contributed by atoms with E-state index >= 15 is 0 Å². The van der Waals surface area contributed by atoms with Crippen LogP contribution in [-0.4, -0.2) is 23.6 Å². The number of hydrogen-bond donors (Lipinski definition) is 1. The first-order valence-electron chi connectivity index (χ1n) is 7.11. The minimum atomic E-state index is -1.15. The van der Waals surface area contributed by atoms with Crippen LogP contribution in [0.1, 0.15) is 51.4 Å². The Labute approximate surface area is 106 Å². The van der Waals surface area contributed by atoms with Crippen molar-refractivity contribution in [2.75, 3.05) is 0 Å². The van der Waals surface area contributed by atoms with Gasteiger partial charge >= 0.3 is 5.97 Å². The molecule has 18 heavy (non-hydrogen) atoms. The number of rotatable bonds is 0. The minimum absolute atomic E-state index is 0.117. The topological polar surface area (TPSA) is 56.8 Å². The molecule has 4 fully saturated rings. The smallest absolute Gasteiger partial charge is 0.371 e. The maximum atomic E-state index is 12.3. The molecule has 4 aliphatic rings. The third kappa shape index (κ3) is 1.35. The van der Waals surface area contributed by atoms with Crippen LogP contribution in [0.25, 0.3) is 0 Å². The van der Waals surface area contributed by atoms with Gasteiger partial charge in [-0.2, -0.15) is 5.48 Å². The number of nitrogens with one attached hydrogen (secondary N) is 1. The number of hydroxylamine groups is 1. The van der Waals surface area contributed by atoms with Crippen LogP contribution in [0.5, 0.6) is 0 Å². The van der Waals surface area contributed by atoms with E-state index in [0.717, 1.165) is 44.9 Å². The lowest BCUT2D eigenvalue weighted by atomic mass is 9.93. The molecule has 3 unspecified atom stereocenters. The highest BCUT2D eigenvalue weighted by Gasteiger charge is 2.68. The lowest BCUT2D eigenvalue weighted by Gasteiger charge is -2.32. The molecule has 0 bridgehead atoms. The normalized spacial score (nSPS) is 45.7. The summed E-state index contributed by atoms with van der Waals surface area (Å²) in [6, 6.07) is 0.247. The Morgan fingerprint density at radius 1 is 1.11 bits per heavy atom. The Morgan fingerprint density at radius 3 is 2.78 bits per heavy atom. The summed E-state index contributed by atoms with van der Waals surface area (Å²) in [5.41, 5.74) is 2.98. The van der Waals surface area contributed by atoms with Gasteiger partial charge in [0.15, 0.2) is 0 Å². The number of fused-ring (bicyclic) bond motifs is 2. The summed E-state index contributed by atoms with van der Waals surface area (Å²) in [6.07, 6.45) is 8.08. The number of esters is 1. The molecule has 2 saturated heterocycles. The van der Waals surface area contributed by atoms with Gasteiger partial charge in [-0.25, -0.2) is 4.79 Å². The Bertz CT molecular complexity index is 379. The molecule has 0 radical (unpaired) electrons. The fourth-order valence-corrected chi connectivity index (χ4v) is 3.96. The lowest BCUT2D eigenvalue weighted by molar-refractivity contribution is -0.282. The van der Waals surface area contributed by atoms with Crippen molar-refractivity contribution in [1.29, 1.82) is 0 Å². The van der Waals surface area contributed by atoms with Gasteiger partial charge in [0.05, 0.1) is 0 Å². The SMILES string of the molecule is O=C1OC2(CCCCC2)OC12ONC1CCCC12. The fourth-order valence-electron chi connectivity index (χ4n) is 3.96. The van der Waals surface area contributed by atoms with Crippen LogP contribution in [0.3, 0.4) is 0 Å². The van der Waals surface area contributed by atoms with Gasteiger partial charge in [-0.3, -0.25) is 9.57 Å². The van der Waals surface area contributed by atoms with Crippen molar-refractivity contribution in [3.8, 4) is 0 Å². The molecule has 2 spiro atoms. The van der Waals surface area contributed by atoms with Crippen LogP contribution in [0, 0.1) is 5.92 Å². The third-order valence-electron chi connectivity index (χ3n) is 4.88. The molecule has 2 aliphatic carbocycles. The van der Waals surface area contributed by atoms with E-state index in [0.29, 0.717) is 0 Å². The van der Waals surface area contributed by atoms with E-state index in [9.17, 15) is 4.79 Å². The molecular formula is C13H19NO4. The van der Waals surface area contributed by atoms with Crippen LogP contribution >= 0.6 is 0 Å². The average Bonchev–Trinajstić information content (AvgIpc) is 3.00. The van der Waals surface area contributed by atoms with Gasteiger partial charge in [0.1, 0.15) is 0 Å². The first kappa shape index (κ1) is 11.2. The Morgan fingerprint density at radius 2 is 1.94 bits per heavy atom. The zero-order valence-corrected chi connectivity index (χ0v) is 10.4. The second kappa shape index (κ2) is 3.68. The van der Waals surface area contributed by atoms with Crippen molar-refractivity contribution >= 4 is 5.97 Å². The zero-order chi connectivity index (χ0) is 12.2. The van der Waals surface area contributed by atoms with Crippen molar-refractivity contribution < 1.29 is 19.1 Å². The molecule has 5 heteroatoms. The van der Waals surface area contributed by atoms with Gasteiger partial charge in [0.25, 0.3) is 5.79 Å². The van der Waals surface area contributed by atoms with Gasteiger partial charge < -0.3 is 4.74 Å². The maximum absolute atomic E-state index is 12.3. The maximum Gasteiger partial charge on any atom is 0.371 e. The van der Waals surface area contributed by atoms with Gasteiger partial charge in [-0.15, -0.1) is 0 Å². The van der Waals surface area contributed by atoms with Gasteiger partial charge in [0.2, 0.25) is 5.79 Å². The summed E-state index contributed by atoms with van der Waals surface area (Å²) in [5.74, 6) is -2.05. The van der Waals surface area contributed by atoms with E-state index in [1.54, 1.807) is 0 Å². The highest BCUT2D eigenvalue weighted by atomic mass is 16.9. The van der Waals surface area contributed by atoms with Crippen molar-refractivity contribution in [1.82, 2.24) is 5.48 Å². The Kier molecular flexibility index (Phi) is 2.29. The fraction of sp³-hybridized carbons (Fsp3) is 0.923. The lowest BCUT2D eigenvalue weighted by Crippen LogP contribution is -2.44. The second-order valence-corrected chi connectivity index (χ2v) is 5.99. The van der Waals surface area contributed by atoms with Crippen molar-refractivity contribution in [3.05, 3.63) is 0 Å².